The van der Waals surface area contributed by atoms with Crippen molar-refractivity contribution >= 4 is 24.5 Å². The van der Waals surface area contributed by atoms with Crippen LogP contribution >= 0.6 is 12.6 Å². The van der Waals surface area contributed by atoms with Gasteiger partial charge in [-0.1, -0.05) is 77.0 Å². The van der Waals surface area contributed by atoms with Crippen LogP contribution < -0.4 is 11.1 Å². The third kappa shape index (κ3) is 18.6. The summed E-state index contributed by atoms with van der Waals surface area (Å²) in [5.74, 6) is -0.683. The van der Waals surface area contributed by atoms with Crippen LogP contribution in [0.15, 0.2) is 0 Å². The second-order valence-corrected chi connectivity index (χ2v) is 8.32. The van der Waals surface area contributed by atoms with Crippen molar-refractivity contribution in [2.24, 2.45) is 0 Å². The maximum absolute atomic E-state index is 11.8. The van der Waals surface area contributed by atoms with Crippen molar-refractivity contribution in [3.8, 4) is 0 Å². The van der Waals surface area contributed by atoms with Gasteiger partial charge in [0.05, 0.1) is 6.54 Å². The number of carbonyl (C=O) groups excluding carboxylic acids is 1. The van der Waals surface area contributed by atoms with Crippen LogP contribution in [0, 0.1) is 0 Å². The first kappa shape index (κ1) is 27.2. The molecule has 0 aromatic rings. The summed E-state index contributed by atoms with van der Waals surface area (Å²) >= 11 is 4.03. The van der Waals surface area contributed by atoms with Crippen molar-refractivity contribution in [3.63, 3.8) is 0 Å². The average molecular weight is 418 g/mol. The fraction of sp³-hybridized carbons (Fsp3) is 0.909. The van der Waals surface area contributed by atoms with Gasteiger partial charge in [0.1, 0.15) is 6.04 Å². The normalized spacial score (nSPS) is 12.1. The highest BCUT2D eigenvalue weighted by Gasteiger charge is 2.18. The van der Waals surface area contributed by atoms with E-state index in [0.29, 0.717) is 18.6 Å². The number of carboxylic acid groups (broad SMARTS) is 1. The molecule has 0 saturated heterocycles. The third-order valence-corrected chi connectivity index (χ3v) is 5.46. The number of aliphatic carboxylic acids is 1. The standard InChI is InChI=1S/C22H44N2O3S/c23-18-15-13-11-9-7-5-3-1-2-4-6-8-10-12-14-16-21(25)24-20(17-19-28)22(26)27/h20,28H,1-19,23H2,(H,24,25)(H,26,27)/p+1. The van der Waals surface area contributed by atoms with Crippen molar-refractivity contribution in [1.82, 2.24) is 5.32 Å². The molecule has 1 atom stereocenters. The summed E-state index contributed by atoms with van der Waals surface area (Å²) in [6.45, 7) is 1.08. The van der Waals surface area contributed by atoms with E-state index in [-0.39, 0.29) is 5.91 Å². The van der Waals surface area contributed by atoms with E-state index in [0.717, 1.165) is 19.4 Å². The molecule has 0 aliphatic carbocycles. The summed E-state index contributed by atoms with van der Waals surface area (Å²) < 4.78 is 0. The molecule has 28 heavy (non-hydrogen) atoms. The van der Waals surface area contributed by atoms with Gasteiger partial charge in [-0.05, 0) is 31.4 Å². The Morgan fingerprint density at radius 3 is 1.50 bits per heavy atom. The van der Waals surface area contributed by atoms with Gasteiger partial charge in [0, 0.05) is 6.42 Å². The number of nitrogens with one attached hydrogen (secondary N) is 1. The van der Waals surface area contributed by atoms with E-state index in [2.05, 4.69) is 23.7 Å². The van der Waals surface area contributed by atoms with Crippen LogP contribution in [0.4, 0.5) is 0 Å². The summed E-state index contributed by atoms with van der Waals surface area (Å²) in [6, 6.07) is -0.802. The summed E-state index contributed by atoms with van der Waals surface area (Å²) in [4.78, 5) is 22.8. The maximum atomic E-state index is 11.8. The van der Waals surface area contributed by atoms with Gasteiger partial charge in [-0.2, -0.15) is 12.6 Å². The lowest BCUT2D eigenvalue weighted by Crippen LogP contribution is -2.50. The number of hydrogen-bond donors (Lipinski definition) is 4. The van der Waals surface area contributed by atoms with E-state index in [1.165, 1.54) is 83.5 Å². The van der Waals surface area contributed by atoms with E-state index < -0.39 is 12.0 Å². The Balaban J connectivity index is 3.31. The molecule has 6 heteroatoms. The average Bonchev–Trinajstić information content (AvgIpc) is 2.67. The van der Waals surface area contributed by atoms with Gasteiger partial charge in [-0.25, -0.2) is 4.79 Å². The highest BCUT2D eigenvalue weighted by molar-refractivity contribution is 7.80. The highest BCUT2D eigenvalue weighted by Crippen LogP contribution is 2.13. The van der Waals surface area contributed by atoms with Crippen molar-refractivity contribution < 1.29 is 20.4 Å². The van der Waals surface area contributed by atoms with E-state index >= 15 is 0 Å². The molecular weight excluding hydrogens is 372 g/mol. The van der Waals surface area contributed by atoms with E-state index in [4.69, 9.17) is 5.11 Å². The predicted octanol–water partition coefficient (Wildman–Crippen LogP) is 4.36. The summed E-state index contributed by atoms with van der Waals surface area (Å²) in [6.07, 6.45) is 20.0. The lowest BCUT2D eigenvalue weighted by molar-refractivity contribution is -0.368. The Hall–Kier alpha value is -0.750. The minimum atomic E-state index is -0.979. The number of rotatable bonds is 21. The van der Waals surface area contributed by atoms with Crippen molar-refractivity contribution in [2.75, 3.05) is 12.3 Å². The molecule has 0 spiro atoms. The van der Waals surface area contributed by atoms with Gasteiger partial charge in [-0.3, -0.25) is 4.79 Å². The zero-order chi connectivity index (χ0) is 20.9. The van der Waals surface area contributed by atoms with Gasteiger partial charge in [-0.15, -0.1) is 0 Å². The van der Waals surface area contributed by atoms with E-state index in [1.54, 1.807) is 0 Å². The minimum Gasteiger partial charge on any atom is -0.480 e. The second kappa shape index (κ2) is 21.0. The molecule has 0 saturated carbocycles. The zero-order valence-electron chi connectivity index (χ0n) is 17.9. The number of carboxylic acids is 1. The van der Waals surface area contributed by atoms with Crippen molar-refractivity contribution in [3.05, 3.63) is 0 Å². The SMILES string of the molecule is [NH3+]CCCCCCCCCCCCCCCCCC(=O)NC(CCS)C(=O)O. The highest BCUT2D eigenvalue weighted by atomic mass is 32.1. The van der Waals surface area contributed by atoms with E-state index in [9.17, 15) is 9.59 Å². The van der Waals surface area contributed by atoms with Crippen LogP contribution in [-0.2, 0) is 9.59 Å². The quantitative estimate of drug-likeness (QED) is 0.165. The Labute approximate surface area is 178 Å². The van der Waals surface area contributed by atoms with Crippen LogP contribution in [0.5, 0.6) is 0 Å². The smallest absolute Gasteiger partial charge is 0.326 e. The zero-order valence-corrected chi connectivity index (χ0v) is 18.8. The maximum Gasteiger partial charge on any atom is 0.326 e. The second-order valence-electron chi connectivity index (χ2n) is 7.88. The van der Waals surface area contributed by atoms with Crippen LogP contribution in [-0.4, -0.2) is 35.3 Å². The fourth-order valence-electron chi connectivity index (χ4n) is 3.41. The molecule has 0 aromatic heterocycles. The number of unbranched alkanes of at least 4 members (excludes halogenated alkanes) is 14. The van der Waals surface area contributed by atoms with Crippen molar-refractivity contribution in [2.45, 2.75) is 115 Å². The molecule has 1 amide bonds. The molecule has 0 bridgehead atoms. The largest absolute Gasteiger partial charge is 0.480 e. The first-order valence-corrected chi connectivity index (χ1v) is 12.2. The van der Waals surface area contributed by atoms with Crippen LogP contribution in [0.1, 0.15) is 109 Å². The number of amides is 1. The molecule has 5 N–H and O–H groups in total. The van der Waals surface area contributed by atoms with Gasteiger partial charge in [0.25, 0.3) is 0 Å². The molecule has 5 nitrogen and oxygen atoms in total. The molecule has 166 valence electrons. The number of carbonyl (C=O) groups is 2. The molecule has 0 aliphatic rings. The van der Waals surface area contributed by atoms with Crippen LogP contribution in [0.3, 0.4) is 0 Å². The van der Waals surface area contributed by atoms with Gasteiger partial charge < -0.3 is 16.2 Å². The molecule has 0 aromatic carbocycles. The Kier molecular flexibility index (Phi) is 20.4. The molecule has 0 heterocycles. The molecule has 0 rings (SSSR count). The van der Waals surface area contributed by atoms with Crippen LogP contribution in [0.2, 0.25) is 0 Å². The first-order valence-electron chi connectivity index (χ1n) is 11.5. The fourth-order valence-corrected chi connectivity index (χ4v) is 3.67. The predicted molar refractivity (Wildman–Crippen MR) is 120 cm³/mol. The van der Waals surface area contributed by atoms with Crippen LogP contribution in [0.25, 0.3) is 0 Å². The number of hydrogen-bond acceptors (Lipinski definition) is 3. The Morgan fingerprint density at radius 1 is 0.750 bits per heavy atom. The lowest BCUT2D eigenvalue weighted by Gasteiger charge is -2.13. The summed E-state index contributed by atoms with van der Waals surface area (Å²) in [7, 11) is 0. The van der Waals surface area contributed by atoms with Gasteiger partial charge >= 0.3 is 5.97 Å². The van der Waals surface area contributed by atoms with Gasteiger partial charge in [0.2, 0.25) is 5.91 Å². The molecule has 0 radical (unpaired) electrons. The molecule has 0 fully saturated rings. The lowest BCUT2D eigenvalue weighted by atomic mass is 10.0. The Bertz CT molecular complexity index is 381. The summed E-state index contributed by atoms with van der Waals surface area (Å²) in [5, 5.41) is 11.6. The van der Waals surface area contributed by atoms with Crippen molar-refractivity contribution in [1.29, 1.82) is 0 Å². The monoisotopic (exact) mass is 417 g/mol. The van der Waals surface area contributed by atoms with Gasteiger partial charge in [0.15, 0.2) is 0 Å². The molecular formula is C22H45N2O3S+. The van der Waals surface area contributed by atoms with E-state index in [1.807, 2.05) is 0 Å². The molecule has 1 unspecified atom stereocenters. The topological polar surface area (TPSA) is 94.0 Å². The summed E-state index contributed by atoms with van der Waals surface area (Å²) in [5.41, 5.74) is 3.88. The molecule has 0 aliphatic heterocycles. The first-order chi connectivity index (χ1) is 13.6. The Morgan fingerprint density at radius 2 is 1.14 bits per heavy atom. The number of quaternary nitrogens is 1. The number of thiol groups is 1. The third-order valence-electron chi connectivity index (χ3n) is 5.20. The minimum absolute atomic E-state index is 0.156.